The molecular formula is C20H24N4O2. The molecule has 0 spiro atoms. The van der Waals surface area contributed by atoms with Crippen molar-refractivity contribution in [2.24, 2.45) is 0 Å². The van der Waals surface area contributed by atoms with Crippen LogP contribution < -0.4 is 4.90 Å². The molecule has 0 aliphatic rings. The number of nitrogens with zero attached hydrogens (tertiary/aromatic N) is 4. The van der Waals surface area contributed by atoms with Gasteiger partial charge in [-0.05, 0) is 44.9 Å². The number of aromatic nitrogens is 3. The van der Waals surface area contributed by atoms with Crippen molar-refractivity contribution in [3.8, 4) is 22.8 Å². The van der Waals surface area contributed by atoms with Gasteiger partial charge in [-0.2, -0.15) is 4.98 Å². The highest BCUT2D eigenvalue weighted by Crippen LogP contribution is 2.26. The van der Waals surface area contributed by atoms with Crippen molar-refractivity contribution in [1.29, 1.82) is 0 Å². The number of aliphatic hydroxyl groups is 1. The second kappa shape index (κ2) is 8.10. The zero-order valence-corrected chi connectivity index (χ0v) is 15.4. The van der Waals surface area contributed by atoms with E-state index in [2.05, 4.69) is 33.9 Å². The van der Waals surface area contributed by atoms with Crippen molar-refractivity contribution >= 4 is 5.82 Å². The van der Waals surface area contributed by atoms with Crippen molar-refractivity contribution in [3.63, 3.8) is 0 Å². The number of anilines is 1. The Hall–Kier alpha value is -2.73. The smallest absolute Gasteiger partial charge is 0.258 e. The molecule has 3 rings (SSSR count). The number of hydrogen-bond acceptors (Lipinski definition) is 6. The Labute approximate surface area is 153 Å². The highest BCUT2D eigenvalue weighted by Gasteiger charge is 2.14. The summed E-state index contributed by atoms with van der Waals surface area (Å²) in [5, 5.41) is 13.1. The average molecular weight is 352 g/mol. The van der Waals surface area contributed by atoms with Crippen LogP contribution in [0.4, 0.5) is 5.82 Å². The summed E-state index contributed by atoms with van der Waals surface area (Å²) >= 11 is 0. The van der Waals surface area contributed by atoms with E-state index in [1.165, 1.54) is 0 Å². The van der Waals surface area contributed by atoms with E-state index in [4.69, 9.17) is 9.63 Å². The highest BCUT2D eigenvalue weighted by atomic mass is 16.5. The van der Waals surface area contributed by atoms with Gasteiger partial charge in [0.05, 0.1) is 0 Å². The lowest BCUT2D eigenvalue weighted by molar-refractivity contribution is 0.299. The first-order valence-electron chi connectivity index (χ1n) is 8.92. The maximum atomic E-state index is 9.01. The molecule has 136 valence electrons. The van der Waals surface area contributed by atoms with Crippen LogP contribution in [-0.2, 0) is 6.42 Å². The SMILES string of the molecule is CCN(CC)c1cc(-c2nc(-c3ccc(CCO)cc3)no2)cc(C)n1. The Morgan fingerprint density at radius 1 is 1.00 bits per heavy atom. The molecule has 0 saturated carbocycles. The van der Waals surface area contributed by atoms with Crippen LogP contribution in [0.5, 0.6) is 0 Å². The molecule has 6 nitrogen and oxygen atoms in total. The van der Waals surface area contributed by atoms with Gasteiger partial charge >= 0.3 is 0 Å². The Morgan fingerprint density at radius 3 is 2.38 bits per heavy atom. The second-order valence-corrected chi connectivity index (χ2v) is 6.12. The molecule has 0 saturated heterocycles. The third-order valence-electron chi connectivity index (χ3n) is 4.31. The van der Waals surface area contributed by atoms with Crippen molar-refractivity contribution < 1.29 is 9.63 Å². The molecule has 0 bridgehead atoms. The van der Waals surface area contributed by atoms with E-state index in [9.17, 15) is 0 Å². The predicted octanol–water partition coefficient (Wildman–Crippen LogP) is 3.49. The van der Waals surface area contributed by atoms with Crippen LogP contribution in [0, 0.1) is 6.92 Å². The normalized spacial score (nSPS) is 10.9. The molecule has 0 unspecified atom stereocenters. The van der Waals surface area contributed by atoms with Gasteiger partial charge in [0, 0.05) is 36.5 Å². The molecule has 0 radical (unpaired) electrons. The Balaban J connectivity index is 1.89. The van der Waals surface area contributed by atoms with Gasteiger partial charge in [0.2, 0.25) is 5.82 Å². The second-order valence-electron chi connectivity index (χ2n) is 6.12. The first-order valence-corrected chi connectivity index (χ1v) is 8.92. The van der Waals surface area contributed by atoms with Gasteiger partial charge < -0.3 is 14.5 Å². The summed E-state index contributed by atoms with van der Waals surface area (Å²) in [6.45, 7) is 8.11. The lowest BCUT2D eigenvalue weighted by Crippen LogP contribution is -2.23. The molecule has 0 aliphatic heterocycles. The van der Waals surface area contributed by atoms with Crippen LogP contribution in [0.2, 0.25) is 0 Å². The number of aliphatic hydroxyl groups excluding tert-OH is 1. The van der Waals surface area contributed by atoms with Crippen LogP contribution in [0.1, 0.15) is 25.1 Å². The Kier molecular flexibility index (Phi) is 5.63. The van der Waals surface area contributed by atoms with E-state index in [1.807, 2.05) is 43.3 Å². The molecule has 2 aromatic heterocycles. The number of rotatable bonds is 7. The molecule has 0 atom stereocenters. The minimum atomic E-state index is 0.141. The number of aryl methyl sites for hydroxylation is 1. The standard InChI is InChI=1S/C20H24N4O2/c1-4-24(5-2)18-13-17(12-14(3)21-18)20-22-19(23-26-20)16-8-6-15(7-9-16)10-11-25/h6-9,12-13,25H,4-5,10-11H2,1-3H3. The third kappa shape index (κ3) is 3.91. The summed E-state index contributed by atoms with van der Waals surface area (Å²) < 4.78 is 5.49. The average Bonchev–Trinajstić information content (AvgIpc) is 3.13. The maximum Gasteiger partial charge on any atom is 0.258 e. The van der Waals surface area contributed by atoms with Gasteiger partial charge in [0.15, 0.2) is 0 Å². The quantitative estimate of drug-likeness (QED) is 0.701. The molecule has 1 aromatic carbocycles. The minimum absolute atomic E-state index is 0.141. The van der Waals surface area contributed by atoms with Gasteiger partial charge in [0.1, 0.15) is 5.82 Å². The fraction of sp³-hybridized carbons (Fsp3) is 0.350. The van der Waals surface area contributed by atoms with E-state index >= 15 is 0 Å². The van der Waals surface area contributed by atoms with Crippen LogP contribution in [0.15, 0.2) is 40.9 Å². The van der Waals surface area contributed by atoms with E-state index in [0.717, 1.165) is 41.3 Å². The van der Waals surface area contributed by atoms with Gasteiger partial charge in [0.25, 0.3) is 5.89 Å². The summed E-state index contributed by atoms with van der Waals surface area (Å²) in [7, 11) is 0. The summed E-state index contributed by atoms with van der Waals surface area (Å²) in [5.74, 6) is 1.95. The Bertz CT molecular complexity index is 855. The monoisotopic (exact) mass is 352 g/mol. The highest BCUT2D eigenvalue weighted by molar-refractivity contribution is 5.63. The summed E-state index contributed by atoms with van der Waals surface area (Å²) in [5.41, 5.74) is 3.75. The van der Waals surface area contributed by atoms with Gasteiger partial charge in [-0.3, -0.25) is 0 Å². The van der Waals surface area contributed by atoms with E-state index < -0.39 is 0 Å². The number of pyridine rings is 1. The molecule has 0 amide bonds. The molecule has 3 aromatic rings. The number of benzene rings is 1. The summed E-state index contributed by atoms with van der Waals surface area (Å²) in [6, 6.07) is 11.8. The van der Waals surface area contributed by atoms with Gasteiger partial charge in [-0.25, -0.2) is 4.98 Å². The number of hydrogen-bond donors (Lipinski definition) is 1. The molecule has 6 heteroatoms. The van der Waals surface area contributed by atoms with Crippen molar-refractivity contribution in [2.75, 3.05) is 24.6 Å². The fourth-order valence-electron chi connectivity index (χ4n) is 2.89. The van der Waals surface area contributed by atoms with Gasteiger partial charge in [-0.15, -0.1) is 0 Å². The van der Waals surface area contributed by atoms with E-state index in [1.54, 1.807) is 0 Å². The molecule has 1 N–H and O–H groups in total. The summed E-state index contributed by atoms with van der Waals surface area (Å²) in [4.78, 5) is 11.3. The maximum absolute atomic E-state index is 9.01. The van der Waals surface area contributed by atoms with Crippen molar-refractivity contribution in [1.82, 2.24) is 15.1 Å². The zero-order chi connectivity index (χ0) is 18.5. The summed E-state index contributed by atoms with van der Waals surface area (Å²) in [6.07, 6.45) is 0.641. The van der Waals surface area contributed by atoms with E-state index in [0.29, 0.717) is 18.1 Å². The lowest BCUT2D eigenvalue weighted by atomic mass is 10.1. The minimum Gasteiger partial charge on any atom is -0.396 e. The molecule has 0 fully saturated rings. The third-order valence-corrected chi connectivity index (χ3v) is 4.31. The first-order chi connectivity index (χ1) is 12.6. The lowest BCUT2D eigenvalue weighted by Gasteiger charge is -2.20. The largest absolute Gasteiger partial charge is 0.396 e. The Morgan fingerprint density at radius 2 is 1.73 bits per heavy atom. The van der Waals surface area contributed by atoms with Crippen LogP contribution in [0.3, 0.4) is 0 Å². The molecule has 2 heterocycles. The zero-order valence-electron chi connectivity index (χ0n) is 15.4. The first kappa shape index (κ1) is 18.1. The topological polar surface area (TPSA) is 75.3 Å². The van der Waals surface area contributed by atoms with Crippen LogP contribution in [0.25, 0.3) is 22.8 Å². The van der Waals surface area contributed by atoms with Gasteiger partial charge in [-0.1, -0.05) is 29.4 Å². The van der Waals surface area contributed by atoms with E-state index in [-0.39, 0.29) is 6.61 Å². The van der Waals surface area contributed by atoms with Crippen molar-refractivity contribution in [3.05, 3.63) is 47.7 Å². The fourth-order valence-corrected chi connectivity index (χ4v) is 2.89. The van der Waals surface area contributed by atoms with Crippen LogP contribution in [-0.4, -0.2) is 39.9 Å². The molecule has 26 heavy (non-hydrogen) atoms. The molecular weight excluding hydrogens is 328 g/mol. The van der Waals surface area contributed by atoms with Crippen LogP contribution >= 0.6 is 0 Å². The molecule has 0 aliphatic carbocycles. The van der Waals surface area contributed by atoms with Crippen molar-refractivity contribution in [2.45, 2.75) is 27.2 Å². The predicted molar refractivity (Wildman–Crippen MR) is 102 cm³/mol.